The normalized spacial score (nSPS) is 14.2. The molecule has 5 aromatic carbocycles. The van der Waals surface area contributed by atoms with Gasteiger partial charge in [-0.05, 0) is 83.3 Å². The number of rotatable bonds is 6. The summed E-state index contributed by atoms with van der Waals surface area (Å²) in [5.74, 6) is 1.17. The molecule has 0 saturated heterocycles. The highest BCUT2D eigenvalue weighted by atomic mass is 16.3. The van der Waals surface area contributed by atoms with Crippen molar-refractivity contribution < 1.29 is 10.2 Å². The molecule has 1 fully saturated rings. The fourth-order valence-corrected chi connectivity index (χ4v) is 6.42. The predicted molar refractivity (Wildman–Crippen MR) is 165 cm³/mol. The average molecular weight is 525 g/mol. The molecule has 0 spiro atoms. The van der Waals surface area contributed by atoms with Gasteiger partial charge in [-0.25, -0.2) is 0 Å². The molecule has 1 saturated carbocycles. The van der Waals surface area contributed by atoms with Crippen LogP contribution < -0.4 is 0 Å². The van der Waals surface area contributed by atoms with E-state index in [0.29, 0.717) is 5.92 Å². The lowest BCUT2D eigenvalue weighted by molar-refractivity contribution is 0.443. The van der Waals surface area contributed by atoms with Gasteiger partial charge in [-0.15, -0.1) is 0 Å². The SMILES string of the molecule is CC(c1ccc(C2CCCCC2)cc1)(c1ccc(O)c(-c2ccccc2)c1)c1ccc(O)c(-c2ccccc2)c1. The molecule has 0 unspecified atom stereocenters. The lowest BCUT2D eigenvalue weighted by atomic mass is 9.69. The lowest BCUT2D eigenvalue weighted by Crippen LogP contribution is -2.25. The van der Waals surface area contributed by atoms with Gasteiger partial charge in [0.1, 0.15) is 11.5 Å². The van der Waals surface area contributed by atoms with Crippen molar-refractivity contribution in [3.05, 3.63) is 144 Å². The zero-order chi connectivity index (χ0) is 27.5. The number of phenols is 2. The molecular formula is C38H36O2. The largest absolute Gasteiger partial charge is 0.507 e. The van der Waals surface area contributed by atoms with Crippen molar-refractivity contribution in [2.75, 3.05) is 0 Å². The molecule has 2 N–H and O–H groups in total. The molecule has 0 aromatic heterocycles. The fourth-order valence-electron chi connectivity index (χ4n) is 6.42. The van der Waals surface area contributed by atoms with Gasteiger partial charge in [0.2, 0.25) is 0 Å². The second kappa shape index (κ2) is 11.1. The molecule has 0 atom stereocenters. The maximum atomic E-state index is 10.9. The number of aromatic hydroxyl groups is 2. The Hall–Kier alpha value is -4.30. The van der Waals surface area contributed by atoms with Gasteiger partial charge in [-0.3, -0.25) is 0 Å². The molecular weight excluding hydrogens is 488 g/mol. The van der Waals surface area contributed by atoms with E-state index in [9.17, 15) is 10.2 Å². The molecule has 5 aromatic rings. The van der Waals surface area contributed by atoms with Crippen LogP contribution in [0, 0.1) is 0 Å². The van der Waals surface area contributed by atoms with E-state index >= 15 is 0 Å². The summed E-state index contributed by atoms with van der Waals surface area (Å²) >= 11 is 0. The highest BCUT2D eigenvalue weighted by molar-refractivity contribution is 5.74. The minimum atomic E-state index is -0.528. The second-order valence-corrected chi connectivity index (χ2v) is 11.3. The van der Waals surface area contributed by atoms with E-state index in [2.05, 4.69) is 43.3 Å². The fraction of sp³-hybridized carbons (Fsp3) is 0.211. The lowest BCUT2D eigenvalue weighted by Gasteiger charge is -2.33. The smallest absolute Gasteiger partial charge is 0.123 e. The van der Waals surface area contributed by atoms with Crippen molar-refractivity contribution in [2.45, 2.75) is 50.4 Å². The Balaban J connectivity index is 1.52. The van der Waals surface area contributed by atoms with Crippen molar-refractivity contribution in [2.24, 2.45) is 0 Å². The summed E-state index contributed by atoms with van der Waals surface area (Å²) in [5, 5.41) is 21.7. The third kappa shape index (κ3) is 4.91. The van der Waals surface area contributed by atoms with E-state index in [1.165, 1.54) is 43.2 Å². The first-order valence-electron chi connectivity index (χ1n) is 14.4. The summed E-state index contributed by atoms with van der Waals surface area (Å²) in [4.78, 5) is 0. The van der Waals surface area contributed by atoms with E-state index in [0.717, 1.165) is 33.4 Å². The van der Waals surface area contributed by atoms with E-state index in [-0.39, 0.29) is 11.5 Å². The Morgan fingerprint density at radius 2 is 0.975 bits per heavy atom. The van der Waals surface area contributed by atoms with Crippen LogP contribution in [0.1, 0.15) is 67.2 Å². The minimum absolute atomic E-state index is 0.264. The Kier molecular flexibility index (Phi) is 7.17. The number of hydrogen-bond donors (Lipinski definition) is 2. The van der Waals surface area contributed by atoms with Crippen molar-refractivity contribution in [1.82, 2.24) is 0 Å². The van der Waals surface area contributed by atoms with E-state index in [4.69, 9.17) is 0 Å². The number of phenolic OH excluding ortho intramolecular Hbond substituents is 2. The highest BCUT2D eigenvalue weighted by Gasteiger charge is 2.33. The summed E-state index contributed by atoms with van der Waals surface area (Å²) in [6, 6.07) is 41.2. The first-order valence-corrected chi connectivity index (χ1v) is 14.4. The predicted octanol–water partition coefficient (Wildman–Crippen LogP) is 9.83. The molecule has 0 amide bonds. The van der Waals surface area contributed by atoms with Crippen molar-refractivity contribution >= 4 is 0 Å². The summed E-state index contributed by atoms with van der Waals surface area (Å²) in [6.45, 7) is 2.25. The first kappa shape index (κ1) is 26.0. The third-order valence-electron chi connectivity index (χ3n) is 8.88. The van der Waals surface area contributed by atoms with Crippen LogP contribution >= 0.6 is 0 Å². The van der Waals surface area contributed by atoms with Gasteiger partial charge < -0.3 is 10.2 Å². The van der Waals surface area contributed by atoms with Gasteiger partial charge in [0.05, 0.1) is 0 Å². The van der Waals surface area contributed by atoms with Gasteiger partial charge >= 0.3 is 0 Å². The van der Waals surface area contributed by atoms with Crippen LogP contribution in [-0.2, 0) is 5.41 Å². The molecule has 0 aliphatic heterocycles. The quantitative estimate of drug-likeness (QED) is 0.217. The van der Waals surface area contributed by atoms with Gasteiger partial charge in [0.25, 0.3) is 0 Å². The molecule has 6 rings (SSSR count). The Bertz CT molecular complexity index is 1490. The molecule has 40 heavy (non-hydrogen) atoms. The number of benzene rings is 5. The van der Waals surface area contributed by atoms with Crippen LogP contribution in [0.4, 0.5) is 0 Å². The van der Waals surface area contributed by atoms with Crippen LogP contribution in [0.5, 0.6) is 11.5 Å². The van der Waals surface area contributed by atoms with E-state index < -0.39 is 5.41 Å². The van der Waals surface area contributed by atoms with Crippen LogP contribution in [0.3, 0.4) is 0 Å². The maximum Gasteiger partial charge on any atom is 0.123 e. The number of hydrogen-bond acceptors (Lipinski definition) is 2. The summed E-state index contributed by atoms with van der Waals surface area (Å²) in [7, 11) is 0. The molecule has 0 radical (unpaired) electrons. The molecule has 200 valence electrons. The monoisotopic (exact) mass is 524 g/mol. The van der Waals surface area contributed by atoms with Crippen LogP contribution in [0.25, 0.3) is 22.3 Å². The molecule has 0 heterocycles. The van der Waals surface area contributed by atoms with Gasteiger partial charge in [0.15, 0.2) is 0 Å². The van der Waals surface area contributed by atoms with Crippen LogP contribution in [0.2, 0.25) is 0 Å². The molecule has 1 aliphatic carbocycles. The van der Waals surface area contributed by atoms with E-state index in [1.807, 2.05) is 84.9 Å². The van der Waals surface area contributed by atoms with Crippen molar-refractivity contribution in [1.29, 1.82) is 0 Å². The first-order chi connectivity index (χ1) is 19.5. The second-order valence-electron chi connectivity index (χ2n) is 11.3. The topological polar surface area (TPSA) is 40.5 Å². The maximum absolute atomic E-state index is 10.9. The molecule has 2 nitrogen and oxygen atoms in total. The standard InChI is InChI=1S/C38H36O2/c1-38(31-19-17-28(18-20-31)27-11-5-2-6-12-27,32-21-23-36(39)34(25-32)29-13-7-3-8-14-29)33-22-24-37(40)35(26-33)30-15-9-4-10-16-30/h3-4,7-10,13-27,39-40H,2,5-6,11-12H2,1H3. The third-order valence-corrected chi connectivity index (χ3v) is 8.88. The van der Waals surface area contributed by atoms with Gasteiger partial charge in [0, 0.05) is 16.5 Å². The minimum Gasteiger partial charge on any atom is -0.507 e. The van der Waals surface area contributed by atoms with Crippen molar-refractivity contribution in [3.63, 3.8) is 0 Å². The Morgan fingerprint density at radius 1 is 0.525 bits per heavy atom. The average Bonchev–Trinajstić information content (AvgIpc) is 3.02. The van der Waals surface area contributed by atoms with Crippen LogP contribution in [-0.4, -0.2) is 10.2 Å². The molecule has 1 aliphatic rings. The molecule has 0 bridgehead atoms. The Morgan fingerprint density at radius 3 is 1.45 bits per heavy atom. The van der Waals surface area contributed by atoms with Gasteiger partial charge in [-0.1, -0.05) is 116 Å². The summed E-state index contributed by atoms with van der Waals surface area (Å²) in [6.07, 6.45) is 6.52. The zero-order valence-electron chi connectivity index (χ0n) is 23.1. The zero-order valence-corrected chi connectivity index (χ0v) is 23.1. The van der Waals surface area contributed by atoms with E-state index in [1.54, 1.807) is 0 Å². The highest BCUT2D eigenvalue weighted by Crippen LogP contribution is 2.45. The summed E-state index contributed by atoms with van der Waals surface area (Å²) in [5.41, 5.74) is 7.83. The Labute approximate surface area is 237 Å². The van der Waals surface area contributed by atoms with Gasteiger partial charge in [-0.2, -0.15) is 0 Å². The molecule has 2 heteroatoms. The van der Waals surface area contributed by atoms with Crippen LogP contribution in [0.15, 0.2) is 121 Å². The van der Waals surface area contributed by atoms with Crippen molar-refractivity contribution in [3.8, 4) is 33.8 Å². The summed E-state index contributed by atoms with van der Waals surface area (Å²) < 4.78 is 0.